The predicted octanol–water partition coefficient (Wildman–Crippen LogP) is 6.26. The zero-order valence-electron chi connectivity index (χ0n) is 48.7. The normalized spacial score (nSPS) is 42.4. The number of esters is 2. The number of hydrogen-bond donors (Lipinski definition) is 2. The van der Waals surface area contributed by atoms with Gasteiger partial charge >= 0.3 is 11.9 Å². The third-order valence-corrected chi connectivity index (χ3v) is 18.7. The fourth-order valence-electron chi connectivity index (χ4n) is 13.8. The first-order chi connectivity index (χ1) is 38.0. The van der Waals surface area contributed by atoms with Crippen LogP contribution in [0.2, 0.25) is 0 Å². The molecule has 23 atom stereocenters. The number of carbonyl (C=O) groups excluding carboxylic acids is 4. The van der Waals surface area contributed by atoms with E-state index in [0.29, 0.717) is 44.9 Å². The van der Waals surface area contributed by atoms with Crippen molar-refractivity contribution >= 4 is 29.6 Å². The smallest absolute Gasteiger partial charge is 0.331 e. The van der Waals surface area contributed by atoms with Crippen molar-refractivity contribution in [2.45, 2.75) is 248 Å². The first-order valence-corrected chi connectivity index (χ1v) is 28.7. The van der Waals surface area contributed by atoms with Crippen LogP contribution < -0.4 is 0 Å². The second-order valence-electron chi connectivity index (χ2n) is 23.5. The quantitative estimate of drug-likeness (QED) is 0.0832. The van der Waals surface area contributed by atoms with E-state index in [0.717, 1.165) is 11.1 Å². The Morgan fingerprint density at radius 3 is 1.73 bits per heavy atom. The van der Waals surface area contributed by atoms with E-state index in [9.17, 15) is 29.4 Å². The lowest BCUT2D eigenvalue weighted by Crippen LogP contribution is -2.61. The zero-order valence-corrected chi connectivity index (χ0v) is 48.7. The molecule has 0 radical (unpaired) electrons. The van der Waals surface area contributed by atoms with E-state index >= 15 is 0 Å². The summed E-state index contributed by atoms with van der Waals surface area (Å²) in [6.45, 7) is 13.9. The highest BCUT2D eigenvalue weighted by molar-refractivity contribution is 5.92. The van der Waals surface area contributed by atoms with Crippen molar-refractivity contribution in [3.05, 3.63) is 53.6 Å². The van der Waals surface area contributed by atoms with Gasteiger partial charge in [0.05, 0.1) is 60.4 Å². The Hall–Kier alpha value is -3.58. The third-order valence-electron chi connectivity index (χ3n) is 18.7. The molecular weight excluding hydrogens is 1040 g/mol. The average Bonchev–Trinajstić information content (AvgIpc) is 3.87. The Labute approximate surface area is 471 Å². The van der Waals surface area contributed by atoms with Crippen molar-refractivity contribution in [1.82, 2.24) is 0 Å². The van der Waals surface area contributed by atoms with Crippen LogP contribution in [0.4, 0.5) is 0 Å². The summed E-state index contributed by atoms with van der Waals surface area (Å²) in [7, 11) is 6.46. The van der Waals surface area contributed by atoms with Crippen molar-refractivity contribution < 1.29 is 95.7 Å². The van der Waals surface area contributed by atoms with E-state index in [1.165, 1.54) is 19.9 Å². The first kappa shape index (κ1) is 62.5. The van der Waals surface area contributed by atoms with Gasteiger partial charge in [0, 0.05) is 85.9 Å². The number of rotatable bonds is 20. The highest BCUT2D eigenvalue weighted by atomic mass is 16.8. The summed E-state index contributed by atoms with van der Waals surface area (Å²) in [5.41, 5.74) is -2.52. The monoisotopic (exact) mass is 1130 g/mol. The summed E-state index contributed by atoms with van der Waals surface area (Å²) < 4.78 is 87.1. The minimum absolute atomic E-state index is 0.0189. The highest BCUT2D eigenvalue weighted by Crippen LogP contribution is 2.56. The zero-order chi connectivity index (χ0) is 57.8. The Kier molecular flexibility index (Phi) is 20.7. The molecule has 4 heterocycles. The van der Waals surface area contributed by atoms with Crippen LogP contribution in [-0.2, 0) is 85.5 Å². The lowest BCUT2D eigenvalue weighted by molar-refractivity contribution is -0.347. The molecule has 20 nitrogen and oxygen atoms in total. The number of ether oxygens (including phenoxy) is 14. The molecule has 20 heteroatoms. The van der Waals surface area contributed by atoms with E-state index in [-0.39, 0.29) is 49.5 Å². The van der Waals surface area contributed by atoms with Gasteiger partial charge in [-0.1, -0.05) is 48.9 Å². The molecule has 80 heavy (non-hydrogen) atoms. The second kappa shape index (κ2) is 26.6. The van der Waals surface area contributed by atoms with Crippen molar-refractivity contribution in [1.29, 1.82) is 0 Å². The van der Waals surface area contributed by atoms with Gasteiger partial charge in [0.25, 0.3) is 0 Å². The molecule has 1 aromatic carbocycles. The minimum atomic E-state index is -1.89. The van der Waals surface area contributed by atoms with E-state index in [1.54, 1.807) is 48.4 Å². The highest BCUT2D eigenvalue weighted by Gasteiger charge is 2.66. The summed E-state index contributed by atoms with van der Waals surface area (Å²) in [5, 5.41) is 22.9. The number of allylic oxidation sites excluding steroid dienone is 1. The molecule has 6 fully saturated rings. The molecule has 2 N–H and O–H groups in total. The lowest BCUT2D eigenvalue weighted by Gasteiger charge is -2.51. The molecule has 8 rings (SSSR count). The fraction of sp³-hybridized carbons (Fsp3) is 0.767. The van der Waals surface area contributed by atoms with Crippen LogP contribution in [0.25, 0.3) is 6.08 Å². The molecule has 0 spiro atoms. The maximum Gasteiger partial charge on any atom is 0.331 e. The molecule has 4 aliphatic heterocycles. The maximum absolute atomic E-state index is 14.2. The van der Waals surface area contributed by atoms with Crippen LogP contribution in [0.1, 0.15) is 132 Å². The number of Topliss-reactive ketones (excluding diaryl/α,β-unsaturated/α-hetero) is 2. The number of aliphatic hydroxyl groups is 2. The SMILES string of the molecule is CO[C@H]1C[C@@H](O[C@H]2[C@H](C)O[C@H](O[C@H]3[C@@H](C)O[C@H](O[C@H]4[C@@H](OC)C[C@H](O[C@@H]5CC[C@]6(C)C(=CCC(=O)[C@H]6C[C@H](OC(=O)/C=C/c6ccccc6)[C@]6(C)C(=O)CC[C@]6(O)[C@@H](C)OC(C)=O)C5)O[C@@H]4C)C[C@H]3OC)C[C@H]2OC)O[C@H](C)[C@H]1O. The summed E-state index contributed by atoms with van der Waals surface area (Å²) in [4.78, 5) is 54.3. The average molecular weight is 1130 g/mol. The van der Waals surface area contributed by atoms with Crippen molar-refractivity contribution in [2.75, 3.05) is 28.4 Å². The number of methoxy groups -OCH3 is 4. The predicted molar refractivity (Wildman–Crippen MR) is 286 cm³/mol. The number of carbonyl (C=O) groups is 4. The fourth-order valence-corrected chi connectivity index (χ4v) is 13.8. The van der Waals surface area contributed by atoms with Crippen LogP contribution in [0.3, 0.4) is 0 Å². The van der Waals surface area contributed by atoms with E-state index in [1.807, 2.05) is 64.1 Å². The van der Waals surface area contributed by atoms with Crippen molar-refractivity contribution in [3.8, 4) is 0 Å². The summed E-state index contributed by atoms with van der Waals surface area (Å²) in [6, 6.07) is 9.20. The molecule has 448 valence electrons. The van der Waals surface area contributed by atoms with Crippen molar-refractivity contribution in [2.24, 2.45) is 16.7 Å². The van der Waals surface area contributed by atoms with E-state index in [2.05, 4.69) is 0 Å². The molecule has 0 amide bonds. The molecular formula is C60H88O20. The largest absolute Gasteiger partial charge is 0.460 e. The molecule has 7 aliphatic rings. The van der Waals surface area contributed by atoms with Crippen LogP contribution in [0, 0.1) is 16.7 Å². The summed E-state index contributed by atoms with van der Waals surface area (Å²) in [6.07, 6.45) is -2.94. The molecule has 2 saturated carbocycles. The number of ketones is 2. The topological polar surface area (TPSA) is 238 Å². The molecule has 0 bridgehead atoms. The van der Waals surface area contributed by atoms with Crippen molar-refractivity contribution in [3.63, 3.8) is 0 Å². The van der Waals surface area contributed by atoms with Gasteiger partial charge in [-0.2, -0.15) is 0 Å². The van der Waals surface area contributed by atoms with E-state index in [4.69, 9.17) is 66.3 Å². The molecule has 1 aromatic rings. The third kappa shape index (κ3) is 13.3. The van der Waals surface area contributed by atoms with Gasteiger partial charge in [-0.3, -0.25) is 14.4 Å². The van der Waals surface area contributed by atoms with Gasteiger partial charge in [-0.25, -0.2) is 4.79 Å². The summed E-state index contributed by atoms with van der Waals surface area (Å²) in [5.74, 6) is -2.45. The van der Waals surface area contributed by atoms with Gasteiger partial charge in [-0.15, -0.1) is 0 Å². The van der Waals surface area contributed by atoms with Gasteiger partial charge in [0.1, 0.15) is 53.8 Å². The van der Waals surface area contributed by atoms with Crippen LogP contribution in [0.5, 0.6) is 0 Å². The van der Waals surface area contributed by atoms with Crippen LogP contribution in [0.15, 0.2) is 48.1 Å². The summed E-state index contributed by atoms with van der Waals surface area (Å²) >= 11 is 0. The van der Waals surface area contributed by atoms with Crippen LogP contribution >= 0.6 is 0 Å². The number of hydrogen-bond acceptors (Lipinski definition) is 20. The molecule has 3 aliphatic carbocycles. The lowest BCUT2D eigenvalue weighted by atomic mass is 9.56. The van der Waals surface area contributed by atoms with Gasteiger partial charge < -0.3 is 76.5 Å². The number of fused-ring (bicyclic) bond motifs is 1. The van der Waals surface area contributed by atoms with Crippen LogP contribution in [-0.4, -0.2) is 184 Å². The van der Waals surface area contributed by atoms with Gasteiger partial charge in [-0.05, 0) is 90.7 Å². The Morgan fingerprint density at radius 1 is 0.713 bits per heavy atom. The van der Waals surface area contributed by atoms with Gasteiger partial charge in [0.2, 0.25) is 0 Å². The Balaban J connectivity index is 0.874. The molecule has 4 saturated heterocycles. The first-order valence-electron chi connectivity index (χ1n) is 28.7. The number of aliphatic hydroxyl groups excluding tert-OH is 1. The molecule has 0 unspecified atom stereocenters. The van der Waals surface area contributed by atoms with E-state index < -0.39 is 139 Å². The Morgan fingerprint density at radius 2 is 1.21 bits per heavy atom. The number of benzene rings is 1. The Bertz CT molecular complexity index is 2330. The maximum atomic E-state index is 14.2. The van der Waals surface area contributed by atoms with Gasteiger partial charge in [0.15, 0.2) is 25.2 Å². The minimum Gasteiger partial charge on any atom is -0.460 e. The second-order valence-corrected chi connectivity index (χ2v) is 23.5. The molecule has 0 aromatic heterocycles. The standard InChI is InChI=1S/C60H88O20/c1-32-54(65)43(67-9)28-51(71-32)78-56-34(3)73-53(30-45(56)69-11)80-57-35(4)74-52(31-46(57)70-12)79-55-33(2)72-50(29-44(55)68-10)76-40-22-24-58(7)39(26-40)19-20-42(62)41(58)27-48(77-49(64)21-18-38-16-14-13-15-17-38)59(8)47(63)23-25-60(59,66)36(5)75-37(6)61/h13-19,21,32-36,40-41,43-46,48,50-57,65-66H,20,22-31H2,1-12H3/b21-18+/t32-,33-,34+,35-,36-,40-,41-,43+,44+,45-,46-,48+,50+,51-,52-,53-,54-,55-,56+,57+,58-,59+,60+/m1/s1.